The number of carboxylic acids is 1. The van der Waals surface area contributed by atoms with Gasteiger partial charge in [0.1, 0.15) is 0 Å². The van der Waals surface area contributed by atoms with Gasteiger partial charge in [-0.1, -0.05) is 39.0 Å². The van der Waals surface area contributed by atoms with E-state index in [1.807, 2.05) is 45.0 Å². The SMILES string of the molecule is CC(C)(C)C(C(=O)O)C1CCC(=O)N(CCO)c2ccccc21. The summed E-state index contributed by atoms with van der Waals surface area (Å²) in [4.78, 5) is 25.9. The largest absolute Gasteiger partial charge is 0.481 e. The van der Waals surface area contributed by atoms with E-state index in [0.717, 1.165) is 11.3 Å². The van der Waals surface area contributed by atoms with Gasteiger partial charge in [-0.05, 0) is 23.5 Å². The van der Waals surface area contributed by atoms with Crippen LogP contribution in [0, 0.1) is 11.3 Å². The first kappa shape index (κ1) is 17.5. The second kappa shape index (κ2) is 6.71. The molecule has 23 heavy (non-hydrogen) atoms. The Bertz CT molecular complexity index is 591. The second-order valence-corrected chi connectivity index (χ2v) is 7.15. The fraction of sp³-hybridized carbons (Fsp3) is 0.556. The summed E-state index contributed by atoms with van der Waals surface area (Å²) in [5.41, 5.74) is 1.19. The van der Waals surface area contributed by atoms with E-state index in [2.05, 4.69) is 0 Å². The summed E-state index contributed by atoms with van der Waals surface area (Å²) < 4.78 is 0. The second-order valence-electron chi connectivity index (χ2n) is 7.15. The lowest BCUT2D eigenvalue weighted by Crippen LogP contribution is -2.34. The first-order valence-electron chi connectivity index (χ1n) is 8.00. The van der Waals surface area contributed by atoms with E-state index in [0.29, 0.717) is 12.8 Å². The van der Waals surface area contributed by atoms with E-state index in [4.69, 9.17) is 0 Å². The van der Waals surface area contributed by atoms with Crippen LogP contribution in [0.5, 0.6) is 0 Å². The minimum Gasteiger partial charge on any atom is -0.481 e. The van der Waals surface area contributed by atoms with Crippen LogP contribution < -0.4 is 4.90 Å². The number of carbonyl (C=O) groups is 2. The summed E-state index contributed by atoms with van der Waals surface area (Å²) in [6, 6.07) is 7.46. The highest BCUT2D eigenvalue weighted by molar-refractivity contribution is 5.95. The van der Waals surface area contributed by atoms with Gasteiger partial charge >= 0.3 is 5.97 Å². The van der Waals surface area contributed by atoms with Gasteiger partial charge < -0.3 is 15.1 Å². The monoisotopic (exact) mass is 319 g/mol. The summed E-state index contributed by atoms with van der Waals surface area (Å²) in [6.45, 7) is 5.88. The lowest BCUT2D eigenvalue weighted by molar-refractivity contribution is -0.147. The number of para-hydroxylation sites is 1. The smallest absolute Gasteiger partial charge is 0.307 e. The first-order chi connectivity index (χ1) is 10.8. The average Bonchev–Trinajstić information content (AvgIpc) is 2.58. The molecular weight excluding hydrogens is 294 g/mol. The van der Waals surface area contributed by atoms with E-state index < -0.39 is 17.3 Å². The number of carbonyl (C=O) groups excluding carboxylic acids is 1. The van der Waals surface area contributed by atoms with E-state index in [-0.39, 0.29) is 25.0 Å². The van der Waals surface area contributed by atoms with Crippen LogP contribution >= 0.6 is 0 Å². The molecule has 0 spiro atoms. The van der Waals surface area contributed by atoms with Gasteiger partial charge in [-0.25, -0.2) is 0 Å². The van der Waals surface area contributed by atoms with Crippen LogP contribution in [-0.2, 0) is 9.59 Å². The van der Waals surface area contributed by atoms with Gasteiger partial charge in [0, 0.05) is 24.6 Å². The normalized spacial score (nSPS) is 19.9. The van der Waals surface area contributed by atoms with Gasteiger partial charge in [0.25, 0.3) is 0 Å². The van der Waals surface area contributed by atoms with Crippen LogP contribution in [0.15, 0.2) is 24.3 Å². The fourth-order valence-corrected chi connectivity index (χ4v) is 3.59. The highest BCUT2D eigenvalue weighted by Gasteiger charge is 2.41. The number of β-amino-alcohol motifs (C(OH)–C–C–N with tert-alkyl or cyclic N) is 1. The molecule has 5 heteroatoms. The number of carboxylic acid groups (broad SMARTS) is 1. The maximum absolute atomic E-state index is 12.4. The zero-order valence-electron chi connectivity index (χ0n) is 14.0. The lowest BCUT2D eigenvalue weighted by Gasteiger charge is -2.34. The quantitative estimate of drug-likeness (QED) is 0.894. The number of rotatable bonds is 4. The maximum atomic E-state index is 12.4. The van der Waals surface area contributed by atoms with Crippen molar-refractivity contribution >= 4 is 17.6 Å². The molecule has 1 heterocycles. The van der Waals surface area contributed by atoms with Crippen molar-refractivity contribution < 1.29 is 19.8 Å². The molecule has 0 bridgehead atoms. The summed E-state index contributed by atoms with van der Waals surface area (Å²) in [5, 5.41) is 19.0. The number of aliphatic hydroxyl groups is 1. The summed E-state index contributed by atoms with van der Waals surface area (Å²) >= 11 is 0. The van der Waals surface area contributed by atoms with E-state index in [1.165, 1.54) is 0 Å². The van der Waals surface area contributed by atoms with E-state index in [1.54, 1.807) is 4.90 Å². The molecule has 2 atom stereocenters. The molecule has 0 aromatic heterocycles. The maximum Gasteiger partial charge on any atom is 0.307 e. The molecule has 1 amide bonds. The zero-order valence-corrected chi connectivity index (χ0v) is 14.0. The molecule has 1 aliphatic rings. The summed E-state index contributed by atoms with van der Waals surface area (Å²) in [6.07, 6.45) is 0.797. The molecule has 2 unspecified atom stereocenters. The van der Waals surface area contributed by atoms with Crippen molar-refractivity contribution in [1.29, 1.82) is 0 Å². The molecule has 0 saturated heterocycles. The average molecular weight is 319 g/mol. The number of hydrogen-bond acceptors (Lipinski definition) is 3. The molecule has 0 saturated carbocycles. The number of nitrogens with zero attached hydrogens (tertiary/aromatic N) is 1. The van der Waals surface area contributed by atoms with Crippen molar-refractivity contribution in [3.63, 3.8) is 0 Å². The molecule has 1 aromatic rings. The van der Waals surface area contributed by atoms with E-state index in [9.17, 15) is 19.8 Å². The van der Waals surface area contributed by atoms with Crippen LogP contribution in [0.4, 0.5) is 5.69 Å². The molecule has 2 N–H and O–H groups in total. The van der Waals surface area contributed by atoms with Crippen LogP contribution in [0.3, 0.4) is 0 Å². The molecule has 5 nitrogen and oxygen atoms in total. The van der Waals surface area contributed by atoms with Gasteiger partial charge in [0.2, 0.25) is 5.91 Å². The Morgan fingerprint density at radius 3 is 2.57 bits per heavy atom. The van der Waals surface area contributed by atoms with Gasteiger partial charge in [-0.15, -0.1) is 0 Å². The Labute approximate surface area is 136 Å². The Morgan fingerprint density at radius 1 is 1.35 bits per heavy atom. The predicted molar refractivity (Wildman–Crippen MR) is 88.4 cm³/mol. The van der Waals surface area contributed by atoms with Crippen molar-refractivity contribution in [2.45, 2.75) is 39.5 Å². The number of amides is 1. The molecule has 0 aliphatic carbocycles. The lowest BCUT2D eigenvalue weighted by atomic mass is 9.69. The molecule has 0 fully saturated rings. The Balaban J connectivity index is 2.55. The Hall–Kier alpha value is -1.88. The van der Waals surface area contributed by atoms with Gasteiger partial charge in [-0.2, -0.15) is 0 Å². The third kappa shape index (κ3) is 3.55. The zero-order chi connectivity index (χ0) is 17.2. The third-order valence-electron chi connectivity index (χ3n) is 4.52. The highest BCUT2D eigenvalue weighted by Crippen LogP contribution is 2.45. The minimum atomic E-state index is -0.833. The van der Waals surface area contributed by atoms with Crippen LogP contribution in [0.2, 0.25) is 0 Å². The van der Waals surface area contributed by atoms with E-state index >= 15 is 0 Å². The molecular formula is C18H25NO4. The predicted octanol–water partition coefficient (Wildman–Crippen LogP) is 2.64. The van der Waals surface area contributed by atoms with Gasteiger partial charge in [0.05, 0.1) is 12.5 Å². The number of aliphatic hydroxyl groups excluding tert-OH is 1. The van der Waals surface area contributed by atoms with Gasteiger partial charge in [-0.3, -0.25) is 9.59 Å². The highest BCUT2D eigenvalue weighted by atomic mass is 16.4. The number of aliphatic carboxylic acids is 1. The van der Waals surface area contributed by atoms with Crippen molar-refractivity contribution in [3.8, 4) is 0 Å². The number of hydrogen-bond donors (Lipinski definition) is 2. The van der Waals surface area contributed by atoms with Crippen LogP contribution in [0.25, 0.3) is 0 Å². The first-order valence-corrected chi connectivity index (χ1v) is 8.00. The summed E-state index contributed by atoms with van der Waals surface area (Å²) in [7, 11) is 0. The van der Waals surface area contributed by atoms with Crippen LogP contribution in [0.1, 0.15) is 45.1 Å². The molecule has 1 aromatic carbocycles. The molecule has 0 radical (unpaired) electrons. The molecule has 126 valence electrons. The van der Waals surface area contributed by atoms with Crippen molar-refractivity contribution in [2.24, 2.45) is 11.3 Å². The topological polar surface area (TPSA) is 77.8 Å². The molecule has 1 aliphatic heterocycles. The van der Waals surface area contributed by atoms with Crippen molar-refractivity contribution in [3.05, 3.63) is 29.8 Å². The number of fused-ring (bicyclic) bond motifs is 1. The minimum absolute atomic E-state index is 0.0629. The standard InChI is InChI=1S/C18H25NO4/c1-18(2,3)16(17(22)23)13-8-9-15(21)19(10-11-20)14-7-5-4-6-12(13)14/h4-7,13,16,20H,8-11H2,1-3H3,(H,22,23). The number of benzene rings is 1. The third-order valence-corrected chi connectivity index (χ3v) is 4.52. The Kier molecular flexibility index (Phi) is 5.09. The molecule has 2 rings (SSSR count). The summed E-state index contributed by atoms with van der Waals surface area (Å²) in [5.74, 6) is -1.70. The van der Waals surface area contributed by atoms with Crippen LogP contribution in [-0.4, -0.2) is 35.2 Å². The number of anilines is 1. The van der Waals surface area contributed by atoms with Crippen molar-refractivity contribution in [1.82, 2.24) is 0 Å². The van der Waals surface area contributed by atoms with Crippen molar-refractivity contribution in [2.75, 3.05) is 18.1 Å². The Morgan fingerprint density at radius 2 is 2.00 bits per heavy atom. The fourth-order valence-electron chi connectivity index (χ4n) is 3.59. The van der Waals surface area contributed by atoms with Gasteiger partial charge in [0.15, 0.2) is 0 Å².